The van der Waals surface area contributed by atoms with Crippen LogP contribution < -0.4 is 5.43 Å². The molecule has 7 heteroatoms. The molecule has 0 atom stereocenters. The Morgan fingerprint density at radius 3 is 2.80 bits per heavy atom. The number of carbonyl (C=O) groups is 1. The molecule has 0 aliphatic carbocycles. The zero-order valence-electron chi connectivity index (χ0n) is 13.1. The van der Waals surface area contributed by atoms with Gasteiger partial charge in [-0.15, -0.1) is 0 Å². The minimum atomic E-state index is -0.411. The van der Waals surface area contributed by atoms with Crippen molar-refractivity contribution in [3.63, 3.8) is 0 Å². The monoisotopic (exact) mass is 400 g/mol. The average Bonchev–Trinajstić information content (AvgIpc) is 3.05. The van der Waals surface area contributed by atoms with Gasteiger partial charge < -0.3 is 0 Å². The van der Waals surface area contributed by atoms with Crippen molar-refractivity contribution in [3.05, 3.63) is 87.9 Å². The van der Waals surface area contributed by atoms with E-state index in [-0.39, 0.29) is 11.5 Å². The van der Waals surface area contributed by atoms with Crippen LogP contribution in [0.2, 0.25) is 0 Å². The van der Waals surface area contributed by atoms with Gasteiger partial charge in [-0.3, -0.25) is 9.48 Å². The van der Waals surface area contributed by atoms with Crippen LogP contribution in [0, 0.1) is 5.82 Å². The molecule has 5 nitrogen and oxygen atoms in total. The van der Waals surface area contributed by atoms with Gasteiger partial charge in [-0.25, -0.2) is 9.82 Å². The minimum Gasteiger partial charge on any atom is -0.268 e. The van der Waals surface area contributed by atoms with Crippen LogP contribution in [-0.4, -0.2) is 21.9 Å². The molecule has 0 aliphatic heterocycles. The first-order valence-corrected chi connectivity index (χ1v) is 8.26. The summed E-state index contributed by atoms with van der Waals surface area (Å²) in [6, 6.07) is 15.3. The summed E-state index contributed by atoms with van der Waals surface area (Å²) in [5.74, 6) is -0.733. The van der Waals surface area contributed by atoms with E-state index in [0.29, 0.717) is 12.1 Å². The maximum absolute atomic E-state index is 12.8. The van der Waals surface area contributed by atoms with Gasteiger partial charge in [0, 0.05) is 10.7 Å². The molecule has 126 valence electrons. The van der Waals surface area contributed by atoms with Gasteiger partial charge in [0.1, 0.15) is 5.82 Å². The summed E-state index contributed by atoms with van der Waals surface area (Å²) in [4.78, 5) is 12.0. The van der Waals surface area contributed by atoms with Crippen molar-refractivity contribution >= 4 is 28.1 Å². The van der Waals surface area contributed by atoms with Gasteiger partial charge >= 0.3 is 0 Å². The number of benzene rings is 2. The van der Waals surface area contributed by atoms with Crippen molar-refractivity contribution in [2.24, 2.45) is 5.10 Å². The van der Waals surface area contributed by atoms with E-state index in [9.17, 15) is 9.18 Å². The molecule has 0 unspecified atom stereocenters. The topological polar surface area (TPSA) is 59.3 Å². The normalized spacial score (nSPS) is 11.0. The lowest BCUT2D eigenvalue weighted by Crippen LogP contribution is -2.18. The Balaban J connectivity index is 1.59. The number of aromatic nitrogens is 2. The highest BCUT2D eigenvalue weighted by Gasteiger charge is 2.08. The van der Waals surface area contributed by atoms with Crippen LogP contribution in [0.1, 0.15) is 21.6 Å². The number of carbonyl (C=O) groups excluding carboxylic acids is 1. The lowest BCUT2D eigenvalue weighted by Gasteiger charge is -2.02. The van der Waals surface area contributed by atoms with Crippen molar-refractivity contribution in [3.8, 4) is 0 Å². The summed E-state index contributed by atoms with van der Waals surface area (Å²) in [5.41, 5.74) is 4.42. The molecule has 1 heterocycles. The first-order valence-electron chi connectivity index (χ1n) is 7.47. The maximum atomic E-state index is 12.8. The Bertz CT molecular complexity index is 905. The molecule has 0 radical (unpaired) electrons. The van der Waals surface area contributed by atoms with E-state index < -0.39 is 5.91 Å². The summed E-state index contributed by atoms with van der Waals surface area (Å²) in [6.45, 7) is 0.561. The summed E-state index contributed by atoms with van der Waals surface area (Å²) in [5, 5.41) is 8.09. The maximum Gasteiger partial charge on any atom is 0.291 e. The lowest BCUT2D eigenvalue weighted by molar-refractivity contribution is 0.0949. The molecule has 1 aromatic heterocycles. The van der Waals surface area contributed by atoms with E-state index in [1.54, 1.807) is 29.1 Å². The Labute approximate surface area is 152 Å². The Kier molecular flexibility index (Phi) is 5.35. The van der Waals surface area contributed by atoms with Crippen LogP contribution >= 0.6 is 15.9 Å². The first kappa shape index (κ1) is 17.0. The van der Waals surface area contributed by atoms with Gasteiger partial charge in [-0.2, -0.15) is 10.2 Å². The van der Waals surface area contributed by atoms with E-state index >= 15 is 0 Å². The van der Waals surface area contributed by atoms with Gasteiger partial charge in [-0.05, 0) is 41.5 Å². The molecule has 0 saturated carbocycles. The van der Waals surface area contributed by atoms with E-state index in [2.05, 4.69) is 31.6 Å². The molecule has 0 bridgehead atoms. The van der Waals surface area contributed by atoms with Crippen LogP contribution in [0.5, 0.6) is 0 Å². The summed E-state index contributed by atoms with van der Waals surface area (Å²) < 4.78 is 15.5. The van der Waals surface area contributed by atoms with Gasteiger partial charge in [0.15, 0.2) is 5.69 Å². The van der Waals surface area contributed by atoms with Crippen LogP contribution in [0.25, 0.3) is 0 Å². The molecule has 0 fully saturated rings. The van der Waals surface area contributed by atoms with E-state index in [1.165, 1.54) is 18.3 Å². The standard InChI is InChI=1S/C18H14BrFN4O/c19-15-3-1-2-14(10-15)12-24-9-8-17(23-24)18(25)22-21-11-13-4-6-16(20)7-5-13/h1-11H,12H2,(H,22,25). The molecular weight excluding hydrogens is 387 g/mol. The lowest BCUT2D eigenvalue weighted by atomic mass is 10.2. The number of nitrogens with one attached hydrogen (secondary N) is 1. The highest BCUT2D eigenvalue weighted by molar-refractivity contribution is 9.10. The zero-order valence-corrected chi connectivity index (χ0v) is 14.6. The number of halogens is 2. The fourth-order valence-electron chi connectivity index (χ4n) is 2.16. The third-order valence-corrected chi connectivity index (χ3v) is 3.85. The van der Waals surface area contributed by atoms with Gasteiger partial charge in [0.25, 0.3) is 5.91 Å². The van der Waals surface area contributed by atoms with Crippen molar-refractivity contribution in [2.75, 3.05) is 0 Å². The number of amides is 1. The molecule has 3 rings (SSSR count). The fourth-order valence-corrected chi connectivity index (χ4v) is 2.61. The van der Waals surface area contributed by atoms with Crippen molar-refractivity contribution in [2.45, 2.75) is 6.54 Å². The Hall–Kier alpha value is -2.80. The highest BCUT2D eigenvalue weighted by atomic mass is 79.9. The third kappa shape index (κ3) is 4.84. The molecule has 0 aliphatic rings. The van der Waals surface area contributed by atoms with Gasteiger partial charge in [0.05, 0.1) is 12.8 Å². The molecule has 2 aromatic carbocycles. The SMILES string of the molecule is O=C(NN=Cc1ccc(F)cc1)c1ccn(Cc2cccc(Br)c2)n1. The molecular formula is C18H14BrFN4O. The van der Waals surface area contributed by atoms with E-state index in [0.717, 1.165) is 10.0 Å². The van der Waals surface area contributed by atoms with E-state index in [4.69, 9.17) is 0 Å². The predicted molar refractivity (Wildman–Crippen MR) is 96.9 cm³/mol. The van der Waals surface area contributed by atoms with Crippen LogP contribution in [-0.2, 0) is 6.54 Å². The largest absolute Gasteiger partial charge is 0.291 e. The number of hydrogen-bond donors (Lipinski definition) is 1. The molecule has 0 spiro atoms. The molecule has 1 amide bonds. The second-order valence-corrected chi connectivity index (χ2v) is 6.19. The van der Waals surface area contributed by atoms with Crippen molar-refractivity contribution in [1.82, 2.24) is 15.2 Å². The second kappa shape index (κ2) is 7.85. The van der Waals surface area contributed by atoms with Crippen molar-refractivity contribution in [1.29, 1.82) is 0 Å². The molecule has 1 N–H and O–H groups in total. The molecule has 3 aromatic rings. The van der Waals surface area contributed by atoms with Gasteiger partial charge in [-0.1, -0.05) is 40.2 Å². The first-order chi connectivity index (χ1) is 12.1. The minimum absolute atomic E-state index is 0.270. The smallest absolute Gasteiger partial charge is 0.268 e. The van der Waals surface area contributed by atoms with E-state index in [1.807, 2.05) is 24.3 Å². The average molecular weight is 401 g/mol. The number of rotatable bonds is 5. The molecule has 0 saturated heterocycles. The molecule has 25 heavy (non-hydrogen) atoms. The highest BCUT2D eigenvalue weighted by Crippen LogP contribution is 2.12. The fraction of sp³-hybridized carbons (Fsp3) is 0.0556. The van der Waals surface area contributed by atoms with Gasteiger partial charge in [0.2, 0.25) is 0 Å². The zero-order chi connectivity index (χ0) is 17.6. The van der Waals surface area contributed by atoms with Crippen LogP contribution in [0.15, 0.2) is 70.4 Å². The third-order valence-electron chi connectivity index (χ3n) is 3.36. The predicted octanol–water partition coefficient (Wildman–Crippen LogP) is 3.60. The Morgan fingerprint density at radius 2 is 2.04 bits per heavy atom. The quantitative estimate of drug-likeness (QED) is 0.525. The number of hydrogen-bond acceptors (Lipinski definition) is 3. The summed E-state index contributed by atoms with van der Waals surface area (Å²) in [6.07, 6.45) is 3.18. The summed E-state index contributed by atoms with van der Waals surface area (Å²) >= 11 is 3.43. The second-order valence-electron chi connectivity index (χ2n) is 5.28. The number of nitrogens with zero attached hydrogens (tertiary/aromatic N) is 3. The van der Waals surface area contributed by atoms with Crippen LogP contribution in [0.4, 0.5) is 4.39 Å². The van der Waals surface area contributed by atoms with Crippen LogP contribution in [0.3, 0.4) is 0 Å². The number of hydrazone groups is 1. The summed E-state index contributed by atoms with van der Waals surface area (Å²) in [7, 11) is 0. The van der Waals surface area contributed by atoms with Crippen molar-refractivity contribution < 1.29 is 9.18 Å². The Morgan fingerprint density at radius 1 is 1.24 bits per heavy atom.